The highest BCUT2D eigenvalue weighted by Crippen LogP contribution is 2.35. The molecule has 6 nitrogen and oxygen atoms in total. The van der Waals surface area contributed by atoms with E-state index in [2.05, 4.69) is 20.6 Å². The Morgan fingerprint density at radius 3 is 2.72 bits per heavy atom. The van der Waals surface area contributed by atoms with Gasteiger partial charge in [-0.05, 0) is 38.8 Å². The predicted molar refractivity (Wildman–Crippen MR) is 103 cm³/mol. The average Bonchev–Trinajstić information content (AvgIpc) is 3.27. The zero-order chi connectivity index (χ0) is 17.7. The van der Waals surface area contributed by atoms with Gasteiger partial charge >= 0.3 is 0 Å². The molecule has 6 heteroatoms. The molecule has 4 rings (SSSR count). The number of aromatic nitrogens is 1. The number of ether oxygens (including phenoxy) is 1. The van der Waals surface area contributed by atoms with Gasteiger partial charge in [-0.15, -0.1) is 0 Å². The topological polar surface area (TPSA) is 87.5 Å². The lowest BCUT2D eigenvalue weighted by atomic mass is 9.85. The molecule has 138 valence electrons. The first-order valence-electron chi connectivity index (χ1n) is 9.33. The number of hydrogen-bond acceptors (Lipinski definition) is 5. The van der Waals surface area contributed by atoms with Gasteiger partial charge in [-0.25, -0.2) is 4.99 Å². The van der Waals surface area contributed by atoms with Gasteiger partial charge in [0.15, 0.2) is 0 Å². The second-order valence-electron chi connectivity index (χ2n) is 7.27. The van der Waals surface area contributed by atoms with Crippen molar-refractivity contribution in [2.75, 3.05) is 20.8 Å². The molecule has 0 atom stereocenters. The molecular weight excluding hydrogens is 314 g/mol. The standard InChI is InChI=1S/C13H18N4.C6H13NO/c14-11(9-4-2-1-3-5-9)12-10-6-7-15-13(10)17-8-16-12;1-7-6(3-4-6)5-8-2/h6-9,15H,1-5,14H2,(H,16,17);7H,3-5H2,1-2H3/b12-11-;. The number of rotatable bonds is 4. The molecule has 0 saturated heterocycles. The van der Waals surface area contributed by atoms with Crippen LogP contribution in [-0.4, -0.2) is 37.6 Å². The number of hydrogen-bond donors (Lipinski definition) is 4. The van der Waals surface area contributed by atoms with Crippen LogP contribution in [0, 0.1) is 5.92 Å². The Morgan fingerprint density at radius 2 is 2.12 bits per heavy atom. The van der Waals surface area contributed by atoms with Gasteiger partial charge < -0.3 is 26.1 Å². The van der Waals surface area contributed by atoms with Crippen molar-refractivity contribution in [2.45, 2.75) is 50.5 Å². The molecule has 3 aliphatic rings. The number of nitrogens with zero attached hydrogens (tertiary/aromatic N) is 1. The highest BCUT2D eigenvalue weighted by molar-refractivity contribution is 5.87. The molecule has 1 aromatic heterocycles. The van der Waals surface area contributed by atoms with E-state index in [1.807, 2.05) is 19.3 Å². The van der Waals surface area contributed by atoms with Crippen LogP contribution in [0.15, 0.2) is 23.0 Å². The summed E-state index contributed by atoms with van der Waals surface area (Å²) in [5.74, 6) is 1.43. The van der Waals surface area contributed by atoms with Gasteiger partial charge in [0.1, 0.15) is 5.82 Å². The second kappa shape index (κ2) is 8.06. The summed E-state index contributed by atoms with van der Waals surface area (Å²) in [6.07, 6.45) is 12.5. The van der Waals surface area contributed by atoms with E-state index in [-0.39, 0.29) is 0 Å². The number of aliphatic imine (C=N–C) groups is 1. The molecule has 5 N–H and O–H groups in total. The van der Waals surface area contributed by atoms with E-state index >= 15 is 0 Å². The smallest absolute Gasteiger partial charge is 0.141 e. The number of allylic oxidation sites excluding steroid dienone is 1. The summed E-state index contributed by atoms with van der Waals surface area (Å²) < 4.78 is 5.00. The monoisotopic (exact) mass is 345 g/mol. The molecule has 0 radical (unpaired) electrons. The number of nitrogens with two attached hydrogens (primary N) is 1. The van der Waals surface area contributed by atoms with Gasteiger partial charge in [0, 0.05) is 36.0 Å². The number of H-pyrrole nitrogens is 1. The lowest BCUT2D eigenvalue weighted by molar-refractivity contribution is 0.161. The first kappa shape index (κ1) is 18.0. The Balaban J connectivity index is 0.000000192. The largest absolute Gasteiger partial charge is 0.400 e. The van der Waals surface area contributed by atoms with E-state index in [1.54, 1.807) is 13.4 Å². The van der Waals surface area contributed by atoms with E-state index in [0.717, 1.165) is 29.4 Å². The Hall–Kier alpha value is -1.79. The quantitative estimate of drug-likeness (QED) is 0.676. The van der Waals surface area contributed by atoms with Crippen LogP contribution in [0.3, 0.4) is 0 Å². The number of aromatic amines is 1. The van der Waals surface area contributed by atoms with E-state index in [9.17, 15) is 0 Å². The van der Waals surface area contributed by atoms with E-state index in [1.165, 1.54) is 44.9 Å². The minimum absolute atomic E-state index is 0.370. The van der Waals surface area contributed by atoms with Crippen molar-refractivity contribution in [3.05, 3.63) is 23.5 Å². The molecule has 2 fully saturated rings. The zero-order valence-corrected chi connectivity index (χ0v) is 15.4. The third-order valence-electron chi connectivity index (χ3n) is 5.54. The van der Waals surface area contributed by atoms with Gasteiger partial charge in [-0.1, -0.05) is 19.3 Å². The molecular formula is C19H31N5O. The van der Waals surface area contributed by atoms with Crippen LogP contribution in [0.5, 0.6) is 0 Å². The number of nitrogens with one attached hydrogen (secondary N) is 3. The van der Waals surface area contributed by atoms with Gasteiger partial charge in [0.2, 0.25) is 0 Å². The van der Waals surface area contributed by atoms with Crippen LogP contribution in [0.2, 0.25) is 0 Å². The molecule has 25 heavy (non-hydrogen) atoms. The van der Waals surface area contributed by atoms with Gasteiger partial charge in [-0.3, -0.25) is 0 Å². The summed E-state index contributed by atoms with van der Waals surface area (Å²) in [5, 5.41) is 6.43. The Morgan fingerprint density at radius 1 is 1.36 bits per heavy atom. The normalized spacial score (nSPS) is 23.1. The highest BCUT2D eigenvalue weighted by atomic mass is 16.5. The third kappa shape index (κ3) is 4.25. The fraction of sp³-hybridized carbons (Fsp3) is 0.632. The first-order valence-corrected chi connectivity index (χ1v) is 9.33. The van der Waals surface area contributed by atoms with E-state index in [0.29, 0.717) is 11.5 Å². The zero-order valence-electron chi connectivity index (χ0n) is 15.4. The van der Waals surface area contributed by atoms with Crippen LogP contribution in [0.4, 0.5) is 5.82 Å². The number of fused-ring (bicyclic) bond motifs is 1. The molecule has 2 aliphatic carbocycles. The Bertz CT molecular complexity index is 624. The van der Waals surface area contributed by atoms with Crippen LogP contribution < -0.4 is 16.4 Å². The Kier molecular flexibility index (Phi) is 5.81. The van der Waals surface area contributed by atoms with E-state index < -0.39 is 0 Å². The van der Waals surface area contributed by atoms with Crippen molar-refractivity contribution >= 4 is 17.9 Å². The third-order valence-corrected chi connectivity index (χ3v) is 5.54. The van der Waals surface area contributed by atoms with Crippen molar-refractivity contribution < 1.29 is 4.74 Å². The predicted octanol–water partition coefficient (Wildman–Crippen LogP) is 2.87. The van der Waals surface area contributed by atoms with Gasteiger partial charge in [-0.2, -0.15) is 0 Å². The molecule has 2 heterocycles. The molecule has 0 amide bonds. The SMILES string of the molecule is CNC1(COC)CC1.N/C(=C1\NC=Nc2[nH]ccc21)C1CCCCC1. The second-order valence-corrected chi connectivity index (χ2v) is 7.27. The van der Waals surface area contributed by atoms with Crippen LogP contribution in [0.25, 0.3) is 5.70 Å². The summed E-state index contributed by atoms with van der Waals surface area (Å²) in [7, 11) is 3.74. The summed E-state index contributed by atoms with van der Waals surface area (Å²) in [6.45, 7) is 0.865. The maximum atomic E-state index is 6.34. The maximum absolute atomic E-state index is 6.34. The summed E-state index contributed by atoms with van der Waals surface area (Å²) in [6, 6.07) is 2.03. The van der Waals surface area contributed by atoms with Crippen molar-refractivity contribution in [2.24, 2.45) is 16.6 Å². The molecule has 0 unspecified atom stereocenters. The minimum atomic E-state index is 0.370. The van der Waals surface area contributed by atoms with Crippen LogP contribution >= 0.6 is 0 Å². The lowest BCUT2D eigenvalue weighted by Gasteiger charge is -2.25. The molecule has 0 aromatic carbocycles. The maximum Gasteiger partial charge on any atom is 0.141 e. The minimum Gasteiger partial charge on any atom is -0.400 e. The van der Waals surface area contributed by atoms with Gasteiger partial charge in [0.05, 0.1) is 18.6 Å². The van der Waals surface area contributed by atoms with E-state index in [4.69, 9.17) is 10.5 Å². The average molecular weight is 345 g/mol. The van der Waals surface area contributed by atoms with Crippen LogP contribution in [0.1, 0.15) is 50.5 Å². The molecule has 1 aromatic rings. The molecule has 1 aliphatic heterocycles. The lowest BCUT2D eigenvalue weighted by Crippen LogP contribution is -2.31. The first-order chi connectivity index (χ1) is 12.2. The summed E-state index contributed by atoms with van der Waals surface area (Å²) in [5.41, 5.74) is 9.84. The number of likely N-dealkylation sites (N-methyl/N-ethyl adjacent to an activating group) is 1. The van der Waals surface area contributed by atoms with Crippen molar-refractivity contribution in [1.82, 2.24) is 15.6 Å². The molecule has 0 spiro atoms. The fourth-order valence-electron chi connectivity index (χ4n) is 3.66. The van der Waals surface area contributed by atoms with Crippen LogP contribution in [-0.2, 0) is 4.74 Å². The molecule has 0 bridgehead atoms. The van der Waals surface area contributed by atoms with Crippen molar-refractivity contribution in [1.29, 1.82) is 0 Å². The molecule has 2 saturated carbocycles. The van der Waals surface area contributed by atoms with Gasteiger partial charge in [0.25, 0.3) is 0 Å². The fourth-order valence-corrected chi connectivity index (χ4v) is 3.66. The highest BCUT2D eigenvalue weighted by Gasteiger charge is 2.40. The van der Waals surface area contributed by atoms with Crippen molar-refractivity contribution in [3.63, 3.8) is 0 Å². The number of methoxy groups -OCH3 is 1. The van der Waals surface area contributed by atoms with Crippen molar-refractivity contribution in [3.8, 4) is 0 Å². The Labute approximate surface area is 150 Å². The summed E-state index contributed by atoms with van der Waals surface area (Å²) in [4.78, 5) is 7.37. The summed E-state index contributed by atoms with van der Waals surface area (Å²) >= 11 is 0.